The van der Waals surface area contributed by atoms with Crippen LogP contribution in [0, 0.1) is 0 Å². The fourth-order valence-electron chi connectivity index (χ4n) is 4.61. The second-order valence-corrected chi connectivity index (χ2v) is 20.0. The van der Waals surface area contributed by atoms with E-state index < -0.39 is 16.1 Å². The Bertz CT molecular complexity index is 1130. The monoisotopic (exact) mass is 546 g/mol. The van der Waals surface area contributed by atoms with Crippen molar-refractivity contribution >= 4 is 48.1 Å². The summed E-state index contributed by atoms with van der Waals surface area (Å²) >= 11 is 0. The Labute approximate surface area is 215 Å². The summed E-state index contributed by atoms with van der Waals surface area (Å²) in [6.07, 6.45) is 1.05. The molecule has 0 radical (unpaired) electrons. The summed E-state index contributed by atoms with van der Waals surface area (Å²) in [4.78, 5) is 0. The van der Waals surface area contributed by atoms with E-state index in [1.807, 2.05) is 0 Å². The summed E-state index contributed by atoms with van der Waals surface area (Å²) in [6.45, 7) is 14.8. The largest absolute Gasteiger partial charge is 4.00 e. The van der Waals surface area contributed by atoms with Gasteiger partial charge in [-0.3, -0.25) is 0 Å². The smallest absolute Gasteiger partial charge is 1.00 e. The van der Waals surface area contributed by atoms with Gasteiger partial charge in [-0.05, 0) is 0 Å². The van der Waals surface area contributed by atoms with Gasteiger partial charge in [0, 0.05) is 16.1 Å². The van der Waals surface area contributed by atoms with Crippen LogP contribution in [-0.2, 0) is 32.6 Å². The first kappa shape index (κ1) is 27.6. The summed E-state index contributed by atoms with van der Waals surface area (Å²) in [6, 6.07) is 23.0. The molecule has 0 saturated heterocycles. The molecule has 0 amide bonds. The molecule has 0 N–H and O–H groups in total. The van der Waals surface area contributed by atoms with E-state index in [4.69, 9.17) is 0 Å². The normalized spacial score (nSPS) is 11.7. The molecule has 0 fully saturated rings. The SMILES string of the molecule is C[Si](C)(C)c1c(C[c-]2cc([Si](C)(C)C)c3ccccc32)[cH-]c2ccccc12.[Cl-].[Cl-].[Zr+4]. The van der Waals surface area contributed by atoms with E-state index in [1.165, 1.54) is 27.1 Å². The number of benzene rings is 2. The molecular weight excluding hydrogens is 519 g/mol. The molecule has 0 bridgehead atoms. The standard InChI is InChI=1S/C25H30Si2.2ClH.Zr/c1-26(2,3)24-17-19(21-12-9-10-14-23(21)24)16-20-15-18-11-7-8-13-22(18)25(20)27(4,5)6;;;/h7-15,17H,16H2,1-6H3;2*1H;/q-2;;;+4/p-2. The number of hydrogen-bond donors (Lipinski definition) is 0. The van der Waals surface area contributed by atoms with E-state index in [0.29, 0.717) is 0 Å². The van der Waals surface area contributed by atoms with Gasteiger partial charge in [0.2, 0.25) is 0 Å². The summed E-state index contributed by atoms with van der Waals surface area (Å²) in [5.41, 5.74) is 3.06. The zero-order chi connectivity index (χ0) is 19.4. The third-order valence-electron chi connectivity index (χ3n) is 5.70. The Kier molecular flexibility index (Phi) is 9.20. The van der Waals surface area contributed by atoms with Gasteiger partial charge in [0.25, 0.3) is 0 Å². The maximum Gasteiger partial charge on any atom is 4.00 e. The number of hydrogen-bond acceptors (Lipinski definition) is 0. The first-order chi connectivity index (χ1) is 12.7. The zero-order valence-electron chi connectivity index (χ0n) is 18.7. The molecule has 0 heterocycles. The van der Waals surface area contributed by atoms with Gasteiger partial charge in [-0.1, -0.05) is 57.8 Å². The molecule has 0 atom stereocenters. The van der Waals surface area contributed by atoms with Crippen LogP contribution in [0.3, 0.4) is 0 Å². The second kappa shape index (κ2) is 10.0. The van der Waals surface area contributed by atoms with Crippen molar-refractivity contribution in [3.8, 4) is 0 Å². The topological polar surface area (TPSA) is 0 Å². The Morgan fingerprint density at radius 1 is 0.767 bits per heavy atom. The molecule has 0 saturated carbocycles. The molecule has 4 aromatic rings. The minimum atomic E-state index is -1.43. The quantitative estimate of drug-likeness (QED) is 0.251. The molecule has 0 aliphatic carbocycles. The van der Waals surface area contributed by atoms with E-state index in [1.54, 1.807) is 15.9 Å². The summed E-state index contributed by atoms with van der Waals surface area (Å²) in [7, 11) is -2.80. The Morgan fingerprint density at radius 2 is 1.33 bits per heavy atom. The Morgan fingerprint density at radius 3 is 1.93 bits per heavy atom. The molecule has 0 spiro atoms. The van der Waals surface area contributed by atoms with Crippen molar-refractivity contribution in [2.75, 3.05) is 0 Å². The maximum atomic E-state index is 2.53. The van der Waals surface area contributed by atoms with E-state index in [9.17, 15) is 0 Å². The molecule has 0 unspecified atom stereocenters. The Hall–Kier alpha value is -0.443. The number of rotatable bonds is 4. The van der Waals surface area contributed by atoms with Crippen molar-refractivity contribution in [2.24, 2.45) is 0 Å². The van der Waals surface area contributed by atoms with Crippen molar-refractivity contribution in [1.82, 2.24) is 0 Å². The molecule has 0 nitrogen and oxygen atoms in total. The first-order valence-electron chi connectivity index (χ1n) is 10.0. The average Bonchev–Trinajstić information content (AvgIpc) is 3.13. The molecule has 5 heteroatoms. The van der Waals surface area contributed by atoms with Gasteiger partial charge < -0.3 is 24.8 Å². The van der Waals surface area contributed by atoms with Crippen molar-refractivity contribution in [2.45, 2.75) is 45.7 Å². The van der Waals surface area contributed by atoms with Crippen LogP contribution in [0.2, 0.25) is 39.3 Å². The van der Waals surface area contributed by atoms with Gasteiger partial charge >= 0.3 is 26.2 Å². The third-order valence-corrected chi connectivity index (χ3v) is 9.82. The summed E-state index contributed by atoms with van der Waals surface area (Å²) in [5.74, 6) is 0. The Balaban J connectivity index is 0.00000150. The minimum Gasteiger partial charge on any atom is -1.00 e. The van der Waals surface area contributed by atoms with Crippen LogP contribution >= 0.6 is 0 Å². The molecule has 30 heavy (non-hydrogen) atoms. The van der Waals surface area contributed by atoms with Gasteiger partial charge in [-0.2, -0.15) is 10.4 Å². The first-order valence-corrected chi connectivity index (χ1v) is 17.0. The van der Waals surface area contributed by atoms with Crippen LogP contribution in [0.4, 0.5) is 0 Å². The van der Waals surface area contributed by atoms with Gasteiger partial charge in [-0.25, -0.2) is 0 Å². The van der Waals surface area contributed by atoms with Crippen LogP contribution in [-0.4, -0.2) is 16.1 Å². The molecule has 156 valence electrons. The fourth-order valence-corrected chi connectivity index (χ4v) is 8.40. The van der Waals surface area contributed by atoms with E-state index in [-0.39, 0.29) is 51.0 Å². The third kappa shape index (κ3) is 5.13. The van der Waals surface area contributed by atoms with Crippen molar-refractivity contribution in [1.29, 1.82) is 0 Å². The zero-order valence-corrected chi connectivity index (χ0v) is 24.7. The van der Waals surface area contributed by atoms with Crippen molar-refractivity contribution < 1.29 is 51.0 Å². The number of halogens is 2. The maximum absolute atomic E-state index is 2.53. The van der Waals surface area contributed by atoms with Crippen molar-refractivity contribution in [3.63, 3.8) is 0 Å². The van der Waals surface area contributed by atoms with Gasteiger partial charge in [0.1, 0.15) is 0 Å². The molecular formula is C25H30Cl2Si2Zr. The summed E-state index contributed by atoms with van der Waals surface area (Å²) < 4.78 is 0. The summed E-state index contributed by atoms with van der Waals surface area (Å²) in [5, 5.41) is 9.09. The van der Waals surface area contributed by atoms with Crippen LogP contribution in [0.15, 0.2) is 60.7 Å². The van der Waals surface area contributed by atoms with Crippen LogP contribution in [0.1, 0.15) is 11.1 Å². The van der Waals surface area contributed by atoms with E-state index >= 15 is 0 Å². The van der Waals surface area contributed by atoms with Gasteiger partial charge in [-0.15, -0.1) is 81.2 Å². The molecule has 4 rings (SSSR count). The molecule has 0 aliphatic rings. The van der Waals surface area contributed by atoms with E-state index in [0.717, 1.165) is 6.42 Å². The van der Waals surface area contributed by atoms with Crippen LogP contribution in [0.5, 0.6) is 0 Å². The predicted octanol–water partition coefficient (Wildman–Crippen LogP) is 0.118. The molecule has 0 aliphatic heterocycles. The molecule has 0 aromatic heterocycles. The van der Waals surface area contributed by atoms with Crippen molar-refractivity contribution in [3.05, 3.63) is 71.8 Å². The second-order valence-electron chi connectivity index (χ2n) is 9.94. The van der Waals surface area contributed by atoms with Crippen LogP contribution < -0.4 is 35.2 Å². The van der Waals surface area contributed by atoms with Gasteiger partial charge in [0.05, 0.1) is 0 Å². The minimum absolute atomic E-state index is 0. The fraction of sp³-hybridized carbons (Fsp3) is 0.280. The molecule has 4 aromatic carbocycles. The number of fused-ring (bicyclic) bond motifs is 2. The van der Waals surface area contributed by atoms with E-state index in [2.05, 4.69) is 99.9 Å². The predicted molar refractivity (Wildman–Crippen MR) is 128 cm³/mol. The average molecular weight is 549 g/mol. The van der Waals surface area contributed by atoms with Gasteiger partial charge in [0.15, 0.2) is 0 Å². The van der Waals surface area contributed by atoms with Crippen LogP contribution in [0.25, 0.3) is 21.5 Å².